The maximum Gasteiger partial charge on any atom is 0.269 e. The van der Waals surface area contributed by atoms with Crippen LogP contribution in [0.25, 0.3) is 5.69 Å². The molecule has 3 aromatic carbocycles. The molecule has 7 nitrogen and oxygen atoms in total. The highest BCUT2D eigenvalue weighted by Gasteiger charge is 2.53. The fourth-order valence-corrected chi connectivity index (χ4v) is 8.16. The maximum absolute atomic E-state index is 11.5. The SMILES string of the molecule is Cc1nn(-c2ccccc2)c2c1C(c1ccc([N+](=O)[O-])cc1)C1=C(O2)N(Cc2ccccc2)C2(CCCCC2)S1. The third-order valence-electron chi connectivity index (χ3n) is 8.31. The average Bonchev–Trinajstić information content (AvgIpc) is 3.47. The summed E-state index contributed by atoms with van der Waals surface area (Å²) in [4.78, 5) is 14.7. The van der Waals surface area contributed by atoms with Crippen molar-refractivity contribution in [1.29, 1.82) is 0 Å². The first-order valence-corrected chi connectivity index (χ1v) is 14.7. The molecule has 40 heavy (non-hydrogen) atoms. The Morgan fingerprint density at radius 3 is 2.33 bits per heavy atom. The molecule has 3 aliphatic rings. The summed E-state index contributed by atoms with van der Waals surface area (Å²) < 4.78 is 8.87. The lowest BCUT2D eigenvalue weighted by Crippen LogP contribution is -2.44. The van der Waals surface area contributed by atoms with E-state index in [1.54, 1.807) is 12.1 Å². The molecule has 3 heterocycles. The summed E-state index contributed by atoms with van der Waals surface area (Å²) in [5.41, 5.74) is 5.21. The van der Waals surface area contributed by atoms with E-state index in [1.807, 2.05) is 65.8 Å². The van der Waals surface area contributed by atoms with Crippen LogP contribution >= 0.6 is 11.8 Å². The van der Waals surface area contributed by atoms with Crippen LogP contribution in [0.3, 0.4) is 0 Å². The Hall–Kier alpha value is -4.04. The van der Waals surface area contributed by atoms with Crippen LogP contribution in [0.2, 0.25) is 0 Å². The van der Waals surface area contributed by atoms with Gasteiger partial charge in [0.15, 0.2) is 0 Å². The van der Waals surface area contributed by atoms with Gasteiger partial charge in [-0.05, 0) is 43.0 Å². The molecule has 1 aliphatic carbocycles. The van der Waals surface area contributed by atoms with Crippen molar-refractivity contribution >= 4 is 17.4 Å². The van der Waals surface area contributed by atoms with Crippen molar-refractivity contribution in [2.45, 2.75) is 56.4 Å². The number of fused-ring (bicyclic) bond motifs is 1. The zero-order valence-electron chi connectivity index (χ0n) is 22.3. The van der Waals surface area contributed by atoms with Crippen LogP contribution in [-0.4, -0.2) is 24.5 Å². The molecule has 1 aromatic heterocycles. The van der Waals surface area contributed by atoms with Crippen molar-refractivity contribution in [2.24, 2.45) is 0 Å². The fourth-order valence-electron chi connectivity index (χ4n) is 6.39. The number of aromatic nitrogens is 2. The summed E-state index contributed by atoms with van der Waals surface area (Å²) >= 11 is 1.95. The highest BCUT2D eigenvalue weighted by Crippen LogP contribution is 2.62. The predicted octanol–water partition coefficient (Wildman–Crippen LogP) is 7.69. The number of non-ortho nitro benzene ring substituents is 1. The van der Waals surface area contributed by atoms with E-state index in [0.717, 1.165) is 53.7 Å². The van der Waals surface area contributed by atoms with E-state index >= 15 is 0 Å². The van der Waals surface area contributed by atoms with Gasteiger partial charge in [-0.1, -0.05) is 91.7 Å². The molecular weight excluding hydrogens is 520 g/mol. The van der Waals surface area contributed by atoms with E-state index in [0.29, 0.717) is 0 Å². The zero-order valence-corrected chi connectivity index (χ0v) is 23.1. The van der Waals surface area contributed by atoms with Gasteiger partial charge in [0.1, 0.15) is 0 Å². The predicted molar refractivity (Wildman–Crippen MR) is 156 cm³/mol. The first kappa shape index (κ1) is 25.0. The number of nitro groups is 1. The molecule has 0 amide bonds. The summed E-state index contributed by atoms with van der Waals surface area (Å²) in [6.07, 6.45) is 5.80. The molecule has 1 fully saturated rings. The van der Waals surface area contributed by atoms with Gasteiger partial charge < -0.3 is 9.64 Å². The molecule has 0 saturated heterocycles. The monoisotopic (exact) mass is 550 g/mol. The number of thioether (sulfide) groups is 1. The molecule has 202 valence electrons. The van der Waals surface area contributed by atoms with Gasteiger partial charge in [0, 0.05) is 18.7 Å². The number of hydrogen-bond donors (Lipinski definition) is 0. The Morgan fingerprint density at radius 1 is 0.975 bits per heavy atom. The number of ether oxygens (including phenoxy) is 1. The number of allylic oxidation sites excluding steroid dienone is 1. The summed E-state index contributed by atoms with van der Waals surface area (Å²) in [5.74, 6) is 1.49. The normalized spacial score (nSPS) is 19.3. The molecule has 0 bridgehead atoms. The summed E-state index contributed by atoms with van der Waals surface area (Å²) in [6.45, 7) is 2.79. The molecule has 7 rings (SSSR count). The van der Waals surface area contributed by atoms with E-state index in [1.165, 1.54) is 29.7 Å². The minimum absolute atomic E-state index is 0.0832. The third kappa shape index (κ3) is 4.09. The quantitative estimate of drug-likeness (QED) is 0.187. The fraction of sp³-hybridized carbons (Fsp3) is 0.281. The topological polar surface area (TPSA) is 73.4 Å². The minimum Gasteiger partial charge on any atom is -0.421 e. The number of hydrogen-bond acceptors (Lipinski definition) is 6. The molecule has 1 spiro atoms. The lowest BCUT2D eigenvalue weighted by Gasteiger charge is -2.42. The lowest BCUT2D eigenvalue weighted by atomic mass is 9.89. The van der Waals surface area contributed by atoms with E-state index in [4.69, 9.17) is 9.84 Å². The first-order chi connectivity index (χ1) is 19.5. The molecule has 2 aliphatic heterocycles. The highest BCUT2D eigenvalue weighted by atomic mass is 32.2. The van der Waals surface area contributed by atoms with Crippen molar-refractivity contribution in [3.05, 3.63) is 128 Å². The van der Waals surface area contributed by atoms with Crippen LogP contribution in [0, 0.1) is 17.0 Å². The van der Waals surface area contributed by atoms with Crippen molar-refractivity contribution in [2.75, 3.05) is 0 Å². The molecule has 1 saturated carbocycles. The second-order valence-electron chi connectivity index (χ2n) is 10.8. The van der Waals surface area contributed by atoms with Gasteiger partial charge in [0.2, 0.25) is 11.8 Å². The van der Waals surface area contributed by atoms with E-state index in [9.17, 15) is 10.1 Å². The number of rotatable bonds is 5. The molecule has 0 radical (unpaired) electrons. The number of nitrogens with zero attached hydrogens (tertiary/aromatic N) is 4. The Bertz CT molecular complexity index is 1590. The molecule has 1 atom stereocenters. The second kappa shape index (κ2) is 9.86. The Kier molecular flexibility index (Phi) is 6.15. The average molecular weight is 551 g/mol. The van der Waals surface area contributed by atoms with Gasteiger partial charge in [0.05, 0.1) is 37.6 Å². The van der Waals surface area contributed by atoms with Crippen LogP contribution in [0.5, 0.6) is 5.88 Å². The Labute approximate surface area is 237 Å². The van der Waals surface area contributed by atoms with Gasteiger partial charge >= 0.3 is 0 Å². The zero-order chi connectivity index (χ0) is 27.3. The van der Waals surface area contributed by atoms with Gasteiger partial charge in [-0.15, -0.1) is 0 Å². The maximum atomic E-state index is 11.5. The minimum atomic E-state index is -0.342. The van der Waals surface area contributed by atoms with Crippen molar-refractivity contribution < 1.29 is 9.66 Å². The van der Waals surface area contributed by atoms with Crippen molar-refractivity contribution in [3.8, 4) is 11.6 Å². The summed E-state index contributed by atoms with van der Waals surface area (Å²) in [6, 6.07) is 27.7. The standard InChI is InChI=1S/C32H30N4O3S/c1-22-27-28(24-15-17-26(18-16-24)36(37)38)29-31(39-30(27)35(33-22)25-13-7-3-8-14-25)34(21-23-11-5-2-6-12-23)32(40-29)19-9-4-10-20-32/h2-3,5-8,11-18,28H,4,9-10,19-21H2,1H3. The highest BCUT2D eigenvalue weighted by molar-refractivity contribution is 8.04. The van der Waals surface area contributed by atoms with Crippen LogP contribution in [0.15, 0.2) is 95.7 Å². The molecule has 0 N–H and O–H groups in total. The Balaban J connectivity index is 1.42. The molecule has 4 aromatic rings. The third-order valence-corrected chi connectivity index (χ3v) is 9.95. The largest absolute Gasteiger partial charge is 0.421 e. The number of nitro benzene ring substituents is 1. The van der Waals surface area contributed by atoms with Gasteiger partial charge in [-0.25, -0.2) is 4.68 Å². The smallest absolute Gasteiger partial charge is 0.269 e. The molecule has 8 heteroatoms. The first-order valence-electron chi connectivity index (χ1n) is 13.9. The second-order valence-corrected chi connectivity index (χ2v) is 12.2. The number of aryl methyl sites for hydroxylation is 1. The van der Waals surface area contributed by atoms with Crippen molar-refractivity contribution in [1.82, 2.24) is 14.7 Å². The van der Waals surface area contributed by atoms with Crippen LogP contribution < -0.4 is 4.74 Å². The number of para-hydroxylation sites is 1. The van der Waals surface area contributed by atoms with E-state index in [2.05, 4.69) is 35.2 Å². The van der Waals surface area contributed by atoms with Gasteiger partial charge in [-0.2, -0.15) is 5.10 Å². The van der Waals surface area contributed by atoms with Crippen LogP contribution in [-0.2, 0) is 6.54 Å². The Morgan fingerprint density at radius 2 is 1.65 bits per heavy atom. The van der Waals surface area contributed by atoms with E-state index in [-0.39, 0.29) is 21.4 Å². The van der Waals surface area contributed by atoms with Crippen LogP contribution in [0.4, 0.5) is 5.69 Å². The van der Waals surface area contributed by atoms with Crippen LogP contribution in [0.1, 0.15) is 60.4 Å². The lowest BCUT2D eigenvalue weighted by molar-refractivity contribution is -0.384. The van der Waals surface area contributed by atoms with Gasteiger partial charge in [0.25, 0.3) is 5.69 Å². The summed E-state index contributed by atoms with van der Waals surface area (Å²) in [7, 11) is 0. The number of benzene rings is 3. The van der Waals surface area contributed by atoms with Gasteiger partial charge in [-0.3, -0.25) is 10.1 Å². The van der Waals surface area contributed by atoms with E-state index < -0.39 is 0 Å². The molecular formula is C32H30N4O3S. The molecule has 1 unspecified atom stereocenters. The van der Waals surface area contributed by atoms with Crippen molar-refractivity contribution in [3.63, 3.8) is 0 Å². The summed E-state index contributed by atoms with van der Waals surface area (Å²) in [5, 5.41) is 16.4.